The molecule has 2 rings (SSSR count). The van der Waals surface area contributed by atoms with Crippen molar-refractivity contribution in [3.63, 3.8) is 0 Å². The minimum Gasteiger partial charge on any atom is -0.478 e. The van der Waals surface area contributed by atoms with E-state index in [1.54, 1.807) is 12.1 Å². The summed E-state index contributed by atoms with van der Waals surface area (Å²) in [5.74, 6) is -1.33. The number of hydrogen-bond donors (Lipinski definition) is 2. The Balaban J connectivity index is 2.01. The Morgan fingerprint density at radius 2 is 1.71 bits per heavy atom. The second-order valence-corrected chi connectivity index (χ2v) is 5.85. The fourth-order valence-electron chi connectivity index (χ4n) is 1.79. The van der Waals surface area contributed by atoms with E-state index in [9.17, 15) is 9.59 Å². The molecule has 0 fully saturated rings. The quantitative estimate of drug-likeness (QED) is 0.657. The van der Waals surface area contributed by atoms with Crippen molar-refractivity contribution >= 4 is 23.6 Å². The molecule has 2 aromatic rings. The van der Waals surface area contributed by atoms with Crippen LogP contribution in [0.2, 0.25) is 0 Å². The number of carboxylic acid groups (broad SMARTS) is 1. The lowest BCUT2D eigenvalue weighted by atomic mass is 10.1. The summed E-state index contributed by atoms with van der Waals surface area (Å²) in [4.78, 5) is 24.1. The van der Waals surface area contributed by atoms with Crippen LogP contribution in [0.15, 0.2) is 59.5 Å². The van der Waals surface area contributed by atoms with E-state index in [0.29, 0.717) is 5.56 Å². The van der Waals surface area contributed by atoms with Crippen molar-refractivity contribution in [3.05, 3.63) is 65.7 Å². The Hall–Kier alpha value is -2.27. The van der Waals surface area contributed by atoms with E-state index in [-0.39, 0.29) is 16.8 Å². The van der Waals surface area contributed by atoms with Crippen LogP contribution in [0.25, 0.3) is 0 Å². The third kappa shape index (κ3) is 4.36. The van der Waals surface area contributed by atoms with Gasteiger partial charge in [0.2, 0.25) is 0 Å². The Morgan fingerprint density at radius 1 is 1.05 bits per heavy atom. The number of benzene rings is 2. The maximum Gasteiger partial charge on any atom is 0.335 e. The Labute approximate surface area is 127 Å². The van der Waals surface area contributed by atoms with Crippen LogP contribution in [-0.2, 0) is 0 Å². The topological polar surface area (TPSA) is 66.4 Å². The number of rotatable bonds is 5. The fraction of sp³-hybridized carbons (Fsp3) is 0.125. The van der Waals surface area contributed by atoms with E-state index in [2.05, 4.69) is 5.32 Å². The van der Waals surface area contributed by atoms with Gasteiger partial charge in [-0.3, -0.25) is 4.79 Å². The molecule has 0 saturated heterocycles. The van der Waals surface area contributed by atoms with Gasteiger partial charge in [0, 0.05) is 10.5 Å². The zero-order valence-electron chi connectivity index (χ0n) is 11.4. The van der Waals surface area contributed by atoms with Crippen LogP contribution in [0.1, 0.15) is 27.6 Å². The highest BCUT2D eigenvalue weighted by Crippen LogP contribution is 2.21. The van der Waals surface area contributed by atoms with Crippen LogP contribution in [0.5, 0.6) is 0 Å². The first-order valence-electron chi connectivity index (χ1n) is 6.42. The molecule has 1 unspecified atom stereocenters. The summed E-state index contributed by atoms with van der Waals surface area (Å²) in [6, 6.07) is 15.7. The molecule has 0 aliphatic rings. The van der Waals surface area contributed by atoms with Gasteiger partial charge in [0.1, 0.15) is 0 Å². The molecule has 0 heterocycles. The number of nitrogens with one attached hydrogen (secondary N) is 1. The second-order valence-electron chi connectivity index (χ2n) is 4.43. The van der Waals surface area contributed by atoms with Crippen molar-refractivity contribution in [1.82, 2.24) is 5.32 Å². The van der Waals surface area contributed by atoms with Crippen molar-refractivity contribution < 1.29 is 14.7 Å². The summed E-state index contributed by atoms with van der Waals surface area (Å²) in [5.41, 5.74) is 0.446. The molecule has 0 aliphatic carbocycles. The van der Waals surface area contributed by atoms with Crippen LogP contribution in [0.4, 0.5) is 0 Å². The summed E-state index contributed by atoms with van der Waals surface area (Å²) in [5, 5.41) is 11.7. The summed E-state index contributed by atoms with van der Waals surface area (Å²) in [6.07, 6.45) is 0. The minimum absolute atomic E-state index is 0.103. The van der Waals surface area contributed by atoms with Gasteiger partial charge in [-0.05, 0) is 37.3 Å². The Kier molecular flexibility index (Phi) is 5.00. The Morgan fingerprint density at radius 3 is 2.38 bits per heavy atom. The predicted molar refractivity (Wildman–Crippen MR) is 82.6 cm³/mol. The zero-order chi connectivity index (χ0) is 15.2. The van der Waals surface area contributed by atoms with Gasteiger partial charge in [0.25, 0.3) is 5.91 Å². The molecular formula is C16H15NO3S. The third-order valence-electron chi connectivity index (χ3n) is 2.76. The average Bonchev–Trinajstić information content (AvgIpc) is 2.48. The molecule has 2 aromatic carbocycles. The van der Waals surface area contributed by atoms with E-state index in [1.165, 1.54) is 23.9 Å². The molecule has 0 spiro atoms. The van der Waals surface area contributed by atoms with E-state index in [1.807, 2.05) is 37.3 Å². The first-order valence-corrected chi connectivity index (χ1v) is 7.30. The molecule has 4 nitrogen and oxygen atoms in total. The average molecular weight is 301 g/mol. The molecule has 108 valence electrons. The molecule has 0 bridgehead atoms. The molecule has 5 heteroatoms. The normalized spacial score (nSPS) is 11.7. The molecule has 1 amide bonds. The highest BCUT2D eigenvalue weighted by atomic mass is 32.2. The lowest BCUT2D eigenvalue weighted by molar-refractivity contribution is 0.0697. The maximum absolute atomic E-state index is 12.1. The van der Waals surface area contributed by atoms with Gasteiger partial charge < -0.3 is 10.4 Å². The van der Waals surface area contributed by atoms with Crippen LogP contribution in [0.3, 0.4) is 0 Å². The lowest BCUT2D eigenvalue weighted by Gasteiger charge is -2.13. The number of aromatic carboxylic acids is 1. The van der Waals surface area contributed by atoms with Crippen molar-refractivity contribution in [2.75, 3.05) is 0 Å². The summed E-state index contributed by atoms with van der Waals surface area (Å²) >= 11 is 1.53. The lowest BCUT2D eigenvalue weighted by Crippen LogP contribution is -2.30. The van der Waals surface area contributed by atoms with Gasteiger partial charge >= 0.3 is 5.97 Å². The number of amides is 1. The number of carbonyl (C=O) groups excluding carboxylic acids is 1. The highest BCUT2D eigenvalue weighted by molar-refractivity contribution is 7.99. The number of carbonyl (C=O) groups is 2. The van der Waals surface area contributed by atoms with Gasteiger partial charge in [-0.25, -0.2) is 4.79 Å². The SMILES string of the molecule is CC(NC(=O)c1cccc(C(=O)O)c1)Sc1ccccc1. The van der Waals surface area contributed by atoms with E-state index in [0.717, 1.165) is 4.90 Å². The molecule has 2 N–H and O–H groups in total. The largest absolute Gasteiger partial charge is 0.478 e. The smallest absolute Gasteiger partial charge is 0.335 e. The molecular weight excluding hydrogens is 286 g/mol. The number of thioether (sulfide) groups is 1. The number of hydrogen-bond acceptors (Lipinski definition) is 3. The molecule has 0 radical (unpaired) electrons. The van der Waals surface area contributed by atoms with E-state index >= 15 is 0 Å². The van der Waals surface area contributed by atoms with Crippen LogP contribution >= 0.6 is 11.8 Å². The van der Waals surface area contributed by atoms with Gasteiger partial charge in [0.05, 0.1) is 10.9 Å². The first kappa shape index (κ1) is 15.1. The standard InChI is InChI=1S/C16H15NO3S/c1-11(21-14-8-3-2-4-9-14)17-15(18)12-6-5-7-13(10-12)16(19)20/h2-11H,1H3,(H,17,18)(H,19,20). The minimum atomic E-state index is -1.05. The first-order chi connectivity index (χ1) is 10.1. The van der Waals surface area contributed by atoms with Gasteiger partial charge in [-0.15, -0.1) is 11.8 Å². The molecule has 21 heavy (non-hydrogen) atoms. The van der Waals surface area contributed by atoms with Crippen molar-refractivity contribution in [2.24, 2.45) is 0 Å². The fourth-order valence-corrected chi connectivity index (χ4v) is 2.68. The molecule has 0 aliphatic heterocycles. The predicted octanol–water partition coefficient (Wildman–Crippen LogP) is 3.25. The molecule has 1 atom stereocenters. The summed E-state index contributed by atoms with van der Waals surface area (Å²) in [6.45, 7) is 1.89. The molecule has 0 saturated carbocycles. The van der Waals surface area contributed by atoms with Gasteiger partial charge in [-0.2, -0.15) is 0 Å². The van der Waals surface area contributed by atoms with Crippen LogP contribution in [0, 0.1) is 0 Å². The highest BCUT2D eigenvalue weighted by Gasteiger charge is 2.12. The van der Waals surface area contributed by atoms with Crippen molar-refractivity contribution in [1.29, 1.82) is 0 Å². The summed E-state index contributed by atoms with van der Waals surface area (Å²) < 4.78 is 0. The van der Waals surface area contributed by atoms with Gasteiger partial charge in [0.15, 0.2) is 0 Å². The van der Waals surface area contributed by atoms with Crippen molar-refractivity contribution in [3.8, 4) is 0 Å². The maximum atomic E-state index is 12.1. The third-order valence-corrected chi connectivity index (χ3v) is 3.78. The summed E-state index contributed by atoms with van der Waals surface area (Å²) in [7, 11) is 0. The molecule has 0 aromatic heterocycles. The van der Waals surface area contributed by atoms with Crippen LogP contribution in [-0.4, -0.2) is 22.4 Å². The Bertz CT molecular complexity index is 643. The van der Waals surface area contributed by atoms with Crippen molar-refractivity contribution in [2.45, 2.75) is 17.2 Å². The second kappa shape index (κ2) is 6.95. The van der Waals surface area contributed by atoms with E-state index < -0.39 is 5.97 Å². The van der Waals surface area contributed by atoms with E-state index in [4.69, 9.17) is 5.11 Å². The van der Waals surface area contributed by atoms with Crippen LogP contribution < -0.4 is 5.32 Å². The number of carboxylic acids is 1. The monoisotopic (exact) mass is 301 g/mol. The van der Waals surface area contributed by atoms with Gasteiger partial charge in [-0.1, -0.05) is 24.3 Å². The zero-order valence-corrected chi connectivity index (χ0v) is 12.3.